The molecule has 7 heteroatoms. The maximum absolute atomic E-state index is 10.9. The molecule has 0 spiro atoms. The van der Waals surface area contributed by atoms with E-state index in [1.54, 1.807) is 7.05 Å². The van der Waals surface area contributed by atoms with Crippen molar-refractivity contribution in [2.45, 2.75) is 12.8 Å². The van der Waals surface area contributed by atoms with E-state index in [4.69, 9.17) is 0 Å². The molecule has 0 saturated carbocycles. The van der Waals surface area contributed by atoms with Crippen molar-refractivity contribution in [3.63, 3.8) is 0 Å². The third-order valence-corrected chi connectivity index (χ3v) is 2.93. The first-order valence-electron chi connectivity index (χ1n) is 5.17. The molecule has 0 aromatic heterocycles. The highest BCUT2D eigenvalue weighted by molar-refractivity contribution is 5.68. The Hall–Kier alpha value is -2.18. The molecule has 1 aromatic carbocycles. The van der Waals surface area contributed by atoms with Gasteiger partial charge in [0.2, 0.25) is 0 Å². The molecule has 0 N–H and O–H groups in total. The summed E-state index contributed by atoms with van der Waals surface area (Å²) in [6.07, 6.45) is 1.41. The van der Waals surface area contributed by atoms with Crippen molar-refractivity contribution >= 4 is 17.1 Å². The van der Waals surface area contributed by atoms with E-state index in [9.17, 15) is 20.2 Å². The molecule has 1 aromatic rings. The van der Waals surface area contributed by atoms with Crippen LogP contribution in [0.4, 0.5) is 17.1 Å². The number of anilines is 1. The first-order chi connectivity index (χ1) is 8.00. The van der Waals surface area contributed by atoms with Gasteiger partial charge in [0.25, 0.3) is 11.4 Å². The SMILES string of the molecule is CN1CCCc2c1cc([N+](=O)[O-])cc2[N+](=O)[O-]. The van der Waals surface area contributed by atoms with E-state index in [0.29, 0.717) is 17.7 Å². The van der Waals surface area contributed by atoms with Crippen LogP contribution in [0.3, 0.4) is 0 Å². The lowest BCUT2D eigenvalue weighted by atomic mass is 9.99. The molecule has 2 rings (SSSR count). The number of non-ortho nitro benzene ring substituents is 1. The van der Waals surface area contributed by atoms with Gasteiger partial charge >= 0.3 is 0 Å². The standard InChI is InChI=1S/C10H11N3O4/c1-11-4-2-3-8-9(11)5-7(12(14)15)6-10(8)13(16)17/h5-6H,2-4H2,1H3. The Morgan fingerprint density at radius 1 is 1.24 bits per heavy atom. The molecule has 0 atom stereocenters. The van der Waals surface area contributed by atoms with Gasteiger partial charge in [0.1, 0.15) is 0 Å². The fourth-order valence-corrected chi connectivity index (χ4v) is 2.11. The predicted octanol–water partition coefficient (Wildman–Crippen LogP) is 1.89. The lowest BCUT2D eigenvalue weighted by Gasteiger charge is -2.26. The van der Waals surface area contributed by atoms with Crippen LogP contribution in [0.1, 0.15) is 12.0 Å². The van der Waals surface area contributed by atoms with Crippen LogP contribution < -0.4 is 4.90 Å². The zero-order chi connectivity index (χ0) is 12.6. The van der Waals surface area contributed by atoms with Crippen molar-refractivity contribution in [3.8, 4) is 0 Å². The number of hydrogen-bond acceptors (Lipinski definition) is 5. The van der Waals surface area contributed by atoms with Crippen LogP contribution in [0.15, 0.2) is 12.1 Å². The van der Waals surface area contributed by atoms with Crippen LogP contribution in [-0.4, -0.2) is 23.4 Å². The summed E-state index contributed by atoms with van der Waals surface area (Å²) in [5.41, 5.74) is 0.802. The number of nitro benzene ring substituents is 2. The van der Waals surface area contributed by atoms with Gasteiger partial charge in [0.15, 0.2) is 0 Å². The number of rotatable bonds is 2. The second-order valence-electron chi connectivity index (χ2n) is 4.00. The van der Waals surface area contributed by atoms with Gasteiger partial charge in [-0.25, -0.2) is 0 Å². The molecule has 1 heterocycles. The summed E-state index contributed by atoms with van der Waals surface area (Å²) in [7, 11) is 1.78. The Kier molecular flexibility index (Phi) is 2.66. The normalized spacial score (nSPS) is 14.3. The van der Waals surface area contributed by atoms with Gasteiger partial charge < -0.3 is 4.90 Å². The van der Waals surface area contributed by atoms with Crippen molar-refractivity contribution in [1.82, 2.24) is 0 Å². The summed E-state index contributed by atoms with van der Waals surface area (Å²) in [4.78, 5) is 22.3. The third-order valence-electron chi connectivity index (χ3n) is 2.93. The predicted molar refractivity (Wildman–Crippen MR) is 61.3 cm³/mol. The highest BCUT2D eigenvalue weighted by Gasteiger charge is 2.27. The molecule has 7 nitrogen and oxygen atoms in total. The minimum atomic E-state index is -0.601. The minimum absolute atomic E-state index is 0.152. The first-order valence-corrected chi connectivity index (χ1v) is 5.17. The van der Waals surface area contributed by atoms with Crippen LogP contribution in [0.2, 0.25) is 0 Å². The molecule has 0 unspecified atom stereocenters. The maximum Gasteiger partial charge on any atom is 0.281 e. The molecule has 0 amide bonds. The van der Waals surface area contributed by atoms with Gasteiger partial charge in [-0.3, -0.25) is 20.2 Å². The average Bonchev–Trinajstić information content (AvgIpc) is 2.28. The quantitative estimate of drug-likeness (QED) is 0.578. The van der Waals surface area contributed by atoms with E-state index in [2.05, 4.69) is 0 Å². The summed E-state index contributed by atoms with van der Waals surface area (Å²) in [6.45, 7) is 0.755. The second kappa shape index (κ2) is 4.00. The number of benzene rings is 1. The zero-order valence-electron chi connectivity index (χ0n) is 9.25. The summed E-state index contributed by atoms with van der Waals surface area (Å²) < 4.78 is 0. The highest BCUT2D eigenvalue weighted by Crippen LogP contribution is 2.37. The van der Waals surface area contributed by atoms with E-state index in [-0.39, 0.29) is 11.4 Å². The summed E-state index contributed by atoms with van der Waals surface area (Å²) in [5, 5.41) is 21.7. The van der Waals surface area contributed by atoms with Crippen molar-refractivity contribution in [1.29, 1.82) is 0 Å². The van der Waals surface area contributed by atoms with E-state index in [0.717, 1.165) is 19.0 Å². The Balaban J connectivity index is 2.66. The fraction of sp³-hybridized carbons (Fsp3) is 0.400. The molecule has 0 fully saturated rings. The van der Waals surface area contributed by atoms with E-state index >= 15 is 0 Å². The number of nitrogens with zero attached hydrogens (tertiary/aromatic N) is 3. The molecule has 0 radical (unpaired) electrons. The largest absolute Gasteiger partial charge is 0.374 e. The third kappa shape index (κ3) is 1.91. The maximum atomic E-state index is 10.9. The monoisotopic (exact) mass is 237 g/mol. The number of nitro groups is 2. The summed E-state index contributed by atoms with van der Waals surface area (Å²) in [6, 6.07) is 2.44. The summed E-state index contributed by atoms with van der Waals surface area (Å²) >= 11 is 0. The van der Waals surface area contributed by atoms with Crippen molar-refractivity contribution in [2.24, 2.45) is 0 Å². The topological polar surface area (TPSA) is 89.5 Å². The molecule has 0 bridgehead atoms. The molecule has 0 aliphatic carbocycles. The Bertz CT molecular complexity index is 501. The van der Waals surface area contributed by atoms with E-state index < -0.39 is 9.85 Å². The van der Waals surface area contributed by atoms with E-state index in [1.807, 2.05) is 4.90 Å². The zero-order valence-corrected chi connectivity index (χ0v) is 9.25. The molecule has 90 valence electrons. The molecule has 17 heavy (non-hydrogen) atoms. The summed E-state index contributed by atoms with van der Waals surface area (Å²) in [5.74, 6) is 0. The Labute approximate surface area is 97.0 Å². The molecular weight excluding hydrogens is 226 g/mol. The Morgan fingerprint density at radius 2 is 1.94 bits per heavy atom. The molecule has 1 aliphatic rings. The first kappa shape index (κ1) is 11.3. The second-order valence-corrected chi connectivity index (χ2v) is 4.00. The molecule has 1 aliphatic heterocycles. The van der Waals surface area contributed by atoms with Gasteiger partial charge in [-0.2, -0.15) is 0 Å². The number of hydrogen-bond donors (Lipinski definition) is 0. The van der Waals surface area contributed by atoms with Crippen LogP contribution in [0.5, 0.6) is 0 Å². The van der Waals surface area contributed by atoms with Gasteiger partial charge in [-0.15, -0.1) is 0 Å². The van der Waals surface area contributed by atoms with Crippen molar-refractivity contribution < 1.29 is 9.85 Å². The van der Waals surface area contributed by atoms with Crippen LogP contribution in [0.25, 0.3) is 0 Å². The van der Waals surface area contributed by atoms with Crippen LogP contribution in [0, 0.1) is 20.2 Å². The van der Waals surface area contributed by atoms with Crippen LogP contribution in [-0.2, 0) is 6.42 Å². The highest BCUT2D eigenvalue weighted by atomic mass is 16.6. The minimum Gasteiger partial charge on any atom is -0.374 e. The van der Waals surface area contributed by atoms with E-state index in [1.165, 1.54) is 6.07 Å². The lowest BCUT2D eigenvalue weighted by Crippen LogP contribution is -2.25. The van der Waals surface area contributed by atoms with Gasteiger partial charge in [0.05, 0.1) is 27.2 Å². The van der Waals surface area contributed by atoms with Crippen LogP contribution >= 0.6 is 0 Å². The van der Waals surface area contributed by atoms with Crippen molar-refractivity contribution in [3.05, 3.63) is 37.9 Å². The Morgan fingerprint density at radius 3 is 2.53 bits per heavy atom. The van der Waals surface area contributed by atoms with Crippen molar-refractivity contribution in [2.75, 3.05) is 18.5 Å². The number of fused-ring (bicyclic) bond motifs is 1. The average molecular weight is 237 g/mol. The van der Waals surface area contributed by atoms with Gasteiger partial charge in [-0.1, -0.05) is 0 Å². The van der Waals surface area contributed by atoms with Gasteiger partial charge in [-0.05, 0) is 12.8 Å². The smallest absolute Gasteiger partial charge is 0.281 e. The van der Waals surface area contributed by atoms with Gasteiger partial charge in [0, 0.05) is 19.7 Å². The lowest BCUT2D eigenvalue weighted by molar-refractivity contribution is -0.394. The molecular formula is C10H11N3O4. The fourth-order valence-electron chi connectivity index (χ4n) is 2.11. The molecule has 0 saturated heterocycles.